The van der Waals surface area contributed by atoms with Crippen LogP contribution in [0.2, 0.25) is 0 Å². The van der Waals surface area contributed by atoms with Crippen molar-refractivity contribution in [3.63, 3.8) is 0 Å². The molecule has 0 aliphatic carbocycles. The lowest BCUT2D eigenvalue weighted by Gasteiger charge is -2.12. The fraction of sp³-hybridized carbons (Fsp3) is 0.700. The molecule has 6 heteroatoms. The Morgan fingerprint density at radius 2 is 1.42 bits per heavy atom. The molecule has 0 heterocycles. The zero-order chi connectivity index (χ0) is 18.5. The highest BCUT2D eigenvalue weighted by Crippen LogP contribution is 2.21. The minimum Gasteiger partial charge on any atom is -0.367 e. The molecule has 1 rings (SSSR count). The number of hydrogen-bond acceptors (Lipinski definition) is 5. The molecule has 0 radical (unpaired) electrons. The fourth-order valence-corrected chi connectivity index (χ4v) is 4.20. The third-order valence-corrected chi connectivity index (χ3v) is 5.78. The van der Waals surface area contributed by atoms with E-state index in [0.717, 1.165) is 24.8 Å². The van der Waals surface area contributed by atoms with E-state index in [9.17, 15) is 13.5 Å². The number of unbranched alkanes of at least 4 members (excludes halogenated alkanes) is 9. The highest BCUT2D eigenvalue weighted by molar-refractivity contribution is 7.86. The molecule has 0 aliphatic rings. The summed E-state index contributed by atoms with van der Waals surface area (Å²) in [4.78, 5) is 0.173. The monoisotopic (exact) mass is 387 g/mol. The summed E-state index contributed by atoms with van der Waals surface area (Å²) in [6.45, 7) is 3.53. The predicted octanol–water partition coefficient (Wildman–Crippen LogP) is 5.36. The third kappa shape index (κ3) is 10.3. The Hall–Kier alpha value is -0.950. The van der Waals surface area contributed by atoms with Gasteiger partial charge >= 0.3 is 0 Å². The number of aliphatic hydroxyl groups excluding tert-OH is 1. The molecule has 152 valence electrons. The molecule has 1 aromatic carbocycles. The van der Waals surface area contributed by atoms with Crippen molar-refractivity contribution in [2.24, 2.45) is 0 Å². The van der Waals surface area contributed by atoms with Crippen LogP contribution in [0.15, 0.2) is 29.2 Å². The lowest BCUT2D eigenvalue weighted by Crippen LogP contribution is -2.16. The first-order valence-corrected chi connectivity index (χ1v) is 11.1. The molecule has 0 bridgehead atoms. The molecule has 1 unspecified atom stereocenters. The van der Waals surface area contributed by atoms with Gasteiger partial charge in [0.15, 0.2) is 6.29 Å². The van der Waals surface area contributed by atoms with Crippen LogP contribution >= 0.6 is 0 Å². The molecule has 0 amide bonds. The van der Waals surface area contributed by atoms with Gasteiger partial charge in [-0.2, -0.15) is 8.42 Å². The average Bonchev–Trinajstić information content (AvgIpc) is 2.56. The summed E-state index contributed by atoms with van der Waals surface area (Å²) in [5.41, 5.74) is 0.766. The smallest absolute Gasteiger partial charge is 0.299 e. The molecular weight excluding hydrogens is 350 g/mol. The number of hydrogen-bond donors (Lipinski definition) is 2. The van der Waals surface area contributed by atoms with Crippen LogP contribution in [-0.2, 0) is 20.7 Å². The van der Waals surface area contributed by atoms with Gasteiger partial charge in [0.25, 0.3) is 10.1 Å². The van der Waals surface area contributed by atoms with Gasteiger partial charge in [0.05, 0.1) is 4.90 Å². The van der Waals surface area contributed by atoms with Crippen LogP contribution in [0.25, 0.3) is 0 Å². The van der Waals surface area contributed by atoms with Crippen molar-refractivity contribution < 1.29 is 17.7 Å². The Morgan fingerprint density at radius 3 is 1.96 bits per heavy atom. The van der Waals surface area contributed by atoms with Gasteiger partial charge in [-0.05, 0) is 31.4 Å². The maximum Gasteiger partial charge on any atom is 0.299 e. The molecule has 0 fully saturated rings. The predicted molar refractivity (Wildman–Crippen MR) is 107 cm³/mol. The van der Waals surface area contributed by atoms with Crippen LogP contribution in [0.1, 0.15) is 83.6 Å². The molecule has 1 atom stereocenters. The summed E-state index contributed by atoms with van der Waals surface area (Å²) in [6.07, 6.45) is 11.9. The molecule has 0 saturated carbocycles. The van der Waals surface area contributed by atoms with Crippen LogP contribution in [0.4, 0.5) is 0 Å². The van der Waals surface area contributed by atoms with Gasteiger partial charge in [-0.15, -0.1) is 0 Å². The molecule has 0 spiro atoms. The Kier molecular flexibility index (Phi) is 13.6. The van der Waals surface area contributed by atoms with Crippen LogP contribution in [0.3, 0.4) is 0 Å². The topological polar surface area (TPSA) is 98.6 Å². The van der Waals surface area contributed by atoms with E-state index in [1.54, 1.807) is 12.1 Å². The van der Waals surface area contributed by atoms with E-state index in [0.29, 0.717) is 0 Å². The van der Waals surface area contributed by atoms with Gasteiger partial charge in [-0.25, -0.2) is 4.18 Å². The maximum absolute atomic E-state index is 12.2. The van der Waals surface area contributed by atoms with Crippen molar-refractivity contribution >= 4 is 10.1 Å². The zero-order valence-corrected chi connectivity index (χ0v) is 17.3. The summed E-state index contributed by atoms with van der Waals surface area (Å²) in [6, 6.07) is 6.89. The van der Waals surface area contributed by atoms with E-state index in [1.807, 2.05) is 12.1 Å². The quantitative estimate of drug-likeness (QED) is 0.254. The molecule has 0 saturated heterocycles. The van der Waals surface area contributed by atoms with Crippen LogP contribution in [0.5, 0.6) is 0 Å². The second kappa shape index (κ2) is 14.2. The highest BCUT2D eigenvalue weighted by atomic mass is 32.2. The van der Waals surface area contributed by atoms with Gasteiger partial charge in [-0.3, -0.25) is 0 Å². The van der Waals surface area contributed by atoms with Crippen molar-refractivity contribution in [2.75, 3.05) is 0 Å². The van der Waals surface area contributed by atoms with Crippen LogP contribution in [0, 0.1) is 0 Å². The molecule has 5 nitrogen and oxygen atoms in total. The largest absolute Gasteiger partial charge is 0.367 e. The Morgan fingerprint density at radius 1 is 0.923 bits per heavy atom. The Balaban J connectivity index is 0.00000625. The lowest BCUT2D eigenvalue weighted by molar-refractivity contribution is 0.00536. The summed E-state index contributed by atoms with van der Waals surface area (Å²) >= 11 is 0. The number of benzene rings is 1. The minimum atomic E-state index is -3.90. The van der Waals surface area contributed by atoms with Crippen molar-refractivity contribution in [3.8, 4) is 0 Å². The lowest BCUT2D eigenvalue weighted by atomic mass is 10.0. The van der Waals surface area contributed by atoms with Gasteiger partial charge in [0.2, 0.25) is 0 Å². The van der Waals surface area contributed by atoms with Crippen molar-refractivity contribution in [3.05, 3.63) is 29.8 Å². The molecule has 26 heavy (non-hydrogen) atoms. The van der Waals surface area contributed by atoms with Gasteiger partial charge in [0.1, 0.15) is 0 Å². The summed E-state index contributed by atoms with van der Waals surface area (Å²) in [5.74, 6) is 0. The minimum absolute atomic E-state index is 0. The summed E-state index contributed by atoms with van der Waals surface area (Å²) in [7, 11) is -3.90. The maximum atomic E-state index is 12.2. The fourth-order valence-electron chi connectivity index (χ4n) is 2.99. The van der Waals surface area contributed by atoms with Crippen LogP contribution in [-0.4, -0.2) is 19.8 Å². The second-order valence-corrected chi connectivity index (χ2v) is 8.23. The Bertz CT molecular complexity index is 573. The first kappa shape index (κ1) is 25.1. The number of aryl methyl sites for hydroxylation is 1. The molecule has 1 aromatic rings. The van der Waals surface area contributed by atoms with Gasteiger partial charge in [0, 0.05) is 0 Å². The first-order valence-electron chi connectivity index (χ1n) is 9.66. The van der Waals surface area contributed by atoms with Gasteiger partial charge in [-0.1, -0.05) is 82.9 Å². The normalized spacial score (nSPS) is 12.6. The average molecular weight is 388 g/mol. The summed E-state index contributed by atoms with van der Waals surface area (Å²) in [5, 5.41) is 9.20. The first-order chi connectivity index (χ1) is 12.0. The van der Waals surface area contributed by atoms with Crippen molar-refractivity contribution in [2.45, 2.75) is 95.7 Å². The molecule has 0 aliphatic heterocycles. The summed E-state index contributed by atoms with van der Waals surface area (Å²) < 4.78 is 29.0. The zero-order valence-electron chi connectivity index (χ0n) is 16.5. The SMILES string of the molecule is CCCCCCCCCCCCc1ccccc1S(=O)(=O)OC(C)O.N. The standard InChI is InChI=1S/C20H34O4S.H3N/c1-3-4-5-6-7-8-9-10-11-12-15-19-16-13-14-17-20(19)25(22,23)24-18(2)21;/h13-14,16-18,21H,3-12,15H2,1-2H3;1H3. The van der Waals surface area contributed by atoms with Crippen molar-refractivity contribution in [1.82, 2.24) is 6.15 Å². The number of rotatable bonds is 14. The third-order valence-electron chi connectivity index (χ3n) is 4.31. The van der Waals surface area contributed by atoms with E-state index in [2.05, 4.69) is 6.92 Å². The molecular formula is C20H37NO4S. The van der Waals surface area contributed by atoms with Crippen molar-refractivity contribution in [1.29, 1.82) is 0 Å². The van der Waals surface area contributed by atoms with E-state index in [-0.39, 0.29) is 11.0 Å². The molecule has 4 N–H and O–H groups in total. The highest BCUT2D eigenvalue weighted by Gasteiger charge is 2.20. The van der Waals surface area contributed by atoms with E-state index < -0.39 is 16.4 Å². The number of aliphatic hydroxyl groups is 1. The van der Waals surface area contributed by atoms with E-state index in [4.69, 9.17) is 4.18 Å². The van der Waals surface area contributed by atoms with E-state index >= 15 is 0 Å². The second-order valence-electron chi connectivity index (χ2n) is 6.69. The Labute approximate surface area is 159 Å². The van der Waals surface area contributed by atoms with E-state index in [1.165, 1.54) is 58.3 Å². The van der Waals surface area contributed by atoms with Gasteiger partial charge < -0.3 is 11.3 Å². The van der Waals surface area contributed by atoms with Crippen LogP contribution < -0.4 is 6.15 Å². The molecule has 0 aromatic heterocycles.